The van der Waals surface area contributed by atoms with Crippen molar-refractivity contribution in [3.8, 4) is 0 Å². The van der Waals surface area contributed by atoms with Crippen molar-refractivity contribution in [1.82, 2.24) is 4.57 Å². The minimum absolute atomic E-state index is 0.0185. The van der Waals surface area contributed by atoms with Crippen LogP contribution in [0, 0.1) is 0 Å². The molecule has 8 heteroatoms. The number of carbonyl (C=O) groups is 3. The Morgan fingerprint density at radius 2 is 1.67 bits per heavy atom. The Kier molecular flexibility index (Phi) is 5.32. The SMILES string of the molecule is N[C@H](CCC(=O)n1cc(C[C@H](N)C(=O)O)c2ccccc21)C(=O)O. The van der Waals surface area contributed by atoms with E-state index in [1.165, 1.54) is 4.57 Å². The summed E-state index contributed by atoms with van der Waals surface area (Å²) >= 11 is 0. The Balaban J connectivity index is 2.28. The number of carboxylic acid groups (broad SMARTS) is 2. The van der Waals surface area contributed by atoms with Crippen LogP contribution in [0.2, 0.25) is 0 Å². The standard InChI is InChI=1S/C16H19N3O5/c17-11(15(21)22)5-6-14(20)19-8-9(7-12(18)16(23)24)10-3-1-2-4-13(10)19/h1-4,8,11-12H,5-7,17-18H2,(H,21,22)(H,23,24)/t11-,12+/m1/s1. The minimum Gasteiger partial charge on any atom is -0.480 e. The number of nitrogens with two attached hydrogens (primary N) is 2. The summed E-state index contributed by atoms with van der Waals surface area (Å²) in [4.78, 5) is 34.1. The van der Waals surface area contributed by atoms with Gasteiger partial charge in [0.05, 0.1) is 5.52 Å². The molecule has 8 nitrogen and oxygen atoms in total. The lowest BCUT2D eigenvalue weighted by Crippen LogP contribution is -2.32. The third-order valence-corrected chi connectivity index (χ3v) is 3.81. The van der Waals surface area contributed by atoms with Gasteiger partial charge in [-0.1, -0.05) is 18.2 Å². The number of aromatic nitrogens is 1. The Morgan fingerprint density at radius 1 is 1.04 bits per heavy atom. The van der Waals surface area contributed by atoms with Crippen LogP contribution in [0.5, 0.6) is 0 Å². The number of nitrogens with zero attached hydrogens (tertiary/aromatic N) is 1. The first-order chi connectivity index (χ1) is 11.3. The van der Waals surface area contributed by atoms with Gasteiger partial charge >= 0.3 is 11.9 Å². The molecule has 1 aromatic carbocycles. The third-order valence-electron chi connectivity index (χ3n) is 3.81. The highest BCUT2D eigenvalue weighted by molar-refractivity contribution is 5.95. The normalized spacial score (nSPS) is 13.6. The number of hydrogen-bond donors (Lipinski definition) is 4. The first kappa shape index (κ1) is 17.6. The van der Waals surface area contributed by atoms with Gasteiger partial charge in [0.2, 0.25) is 5.91 Å². The Labute approximate surface area is 137 Å². The van der Waals surface area contributed by atoms with Crippen molar-refractivity contribution < 1.29 is 24.6 Å². The Hall–Kier alpha value is -2.71. The predicted octanol–water partition coefficient (Wildman–Crippen LogP) is 0.428. The van der Waals surface area contributed by atoms with Gasteiger partial charge in [0, 0.05) is 24.4 Å². The van der Waals surface area contributed by atoms with Gasteiger partial charge in [0.25, 0.3) is 0 Å². The first-order valence-corrected chi connectivity index (χ1v) is 7.40. The number of rotatable bonds is 7. The lowest BCUT2D eigenvalue weighted by atomic mass is 10.1. The van der Waals surface area contributed by atoms with Crippen molar-refractivity contribution in [3.05, 3.63) is 36.0 Å². The van der Waals surface area contributed by atoms with E-state index in [2.05, 4.69) is 0 Å². The van der Waals surface area contributed by atoms with Crippen LogP contribution in [-0.2, 0) is 16.0 Å². The van der Waals surface area contributed by atoms with Crippen molar-refractivity contribution in [2.24, 2.45) is 11.5 Å². The molecule has 0 bridgehead atoms. The van der Waals surface area contributed by atoms with E-state index in [1.54, 1.807) is 30.5 Å². The molecule has 0 amide bonds. The molecule has 6 N–H and O–H groups in total. The zero-order valence-electron chi connectivity index (χ0n) is 12.9. The van der Waals surface area contributed by atoms with Gasteiger partial charge < -0.3 is 21.7 Å². The highest BCUT2D eigenvalue weighted by Gasteiger charge is 2.20. The lowest BCUT2D eigenvalue weighted by molar-refractivity contribution is -0.139. The average molecular weight is 333 g/mol. The first-order valence-electron chi connectivity index (χ1n) is 7.40. The molecule has 2 rings (SSSR count). The zero-order valence-corrected chi connectivity index (χ0v) is 12.9. The summed E-state index contributed by atoms with van der Waals surface area (Å²) in [6.45, 7) is 0. The topological polar surface area (TPSA) is 149 Å². The molecule has 0 aliphatic rings. The number of aliphatic carboxylic acids is 2. The van der Waals surface area contributed by atoms with Crippen LogP contribution >= 0.6 is 0 Å². The summed E-state index contributed by atoms with van der Waals surface area (Å²) in [5, 5.41) is 18.5. The van der Waals surface area contributed by atoms with E-state index in [4.69, 9.17) is 21.7 Å². The van der Waals surface area contributed by atoms with Gasteiger partial charge in [-0.15, -0.1) is 0 Å². The summed E-state index contributed by atoms with van der Waals surface area (Å²) in [6, 6.07) is 4.89. The van der Waals surface area contributed by atoms with Crippen LogP contribution in [0.1, 0.15) is 23.2 Å². The van der Waals surface area contributed by atoms with E-state index in [0.29, 0.717) is 11.1 Å². The van der Waals surface area contributed by atoms with Crippen molar-refractivity contribution >= 4 is 28.7 Å². The Bertz CT molecular complexity index is 783. The summed E-state index contributed by atoms with van der Waals surface area (Å²) in [6.07, 6.45) is 1.63. The molecule has 24 heavy (non-hydrogen) atoms. The molecule has 0 spiro atoms. The molecule has 128 valence electrons. The smallest absolute Gasteiger partial charge is 0.320 e. The number of carbonyl (C=O) groups excluding carboxylic acids is 1. The molecule has 0 unspecified atom stereocenters. The molecule has 2 atom stereocenters. The van der Waals surface area contributed by atoms with Crippen LogP contribution < -0.4 is 11.5 Å². The fraction of sp³-hybridized carbons (Fsp3) is 0.312. The van der Waals surface area contributed by atoms with Crippen molar-refractivity contribution in [2.45, 2.75) is 31.3 Å². The summed E-state index contributed by atoms with van der Waals surface area (Å²) in [5.74, 6) is -2.59. The van der Waals surface area contributed by atoms with Crippen LogP contribution in [0.25, 0.3) is 10.9 Å². The third kappa shape index (κ3) is 3.79. The van der Waals surface area contributed by atoms with Crippen molar-refractivity contribution in [3.63, 3.8) is 0 Å². The maximum Gasteiger partial charge on any atom is 0.320 e. The second-order valence-electron chi connectivity index (χ2n) is 5.57. The number of carboxylic acids is 2. The molecule has 0 aliphatic heterocycles. The largest absolute Gasteiger partial charge is 0.480 e. The van der Waals surface area contributed by atoms with Gasteiger partial charge in [-0.05, 0) is 18.1 Å². The fourth-order valence-electron chi connectivity index (χ4n) is 2.47. The second kappa shape index (κ2) is 7.24. The molecule has 0 fully saturated rings. The quantitative estimate of drug-likeness (QED) is 0.574. The van der Waals surface area contributed by atoms with Gasteiger partial charge in [-0.25, -0.2) is 0 Å². The van der Waals surface area contributed by atoms with Crippen LogP contribution in [0.4, 0.5) is 0 Å². The molecule has 0 radical (unpaired) electrons. The fourth-order valence-corrected chi connectivity index (χ4v) is 2.47. The van der Waals surface area contributed by atoms with Gasteiger partial charge in [-0.3, -0.25) is 19.0 Å². The van der Waals surface area contributed by atoms with Gasteiger partial charge in [0.15, 0.2) is 0 Å². The predicted molar refractivity (Wildman–Crippen MR) is 86.7 cm³/mol. The number of para-hydroxylation sites is 1. The molecular formula is C16H19N3O5. The van der Waals surface area contributed by atoms with Crippen LogP contribution in [-0.4, -0.2) is 44.7 Å². The van der Waals surface area contributed by atoms with Crippen LogP contribution in [0.3, 0.4) is 0 Å². The molecule has 1 aromatic heterocycles. The molecule has 0 saturated carbocycles. The maximum absolute atomic E-state index is 12.4. The maximum atomic E-state index is 12.4. The summed E-state index contributed by atoms with van der Waals surface area (Å²) in [5.41, 5.74) is 12.3. The number of hydrogen-bond acceptors (Lipinski definition) is 5. The van der Waals surface area contributed by atoms with E-state index in [-0.39, 0.29) is 25.2 Å². The minimum atomic E-state index is -1.16. The zero-order chi connectivity index (χ0) is 17.9. The van der Waals surface area contributed by atoms with Gasteiger partial charge in [0.1, 0.15) is 12.1 Å². The molecule has 0 aliphatic carbocycles. The van der Waals surface area contributed by atoms with E-state index in [9.17, 15) is 14.4 Å². The molecule has 2 aromatic rings. The highest BCUT2D eigenvalue weighted by Crippen LogP contribution is 2.23. The monoisotopic (exact) mass is 333 g/mol. The van der Waals surface area contributed by atoms with E-state index in [0.717, 1.165) is 5.39 Å². The average Bonchev–Trinajstić information content (AvgIpc) is 2.91. The van der Waals surface area contributed by atoms with Crippen molar-refractivity contribution in [2.75, 3.05) is 0 Å². The Morgan fingerprint density at radius 3 is 2.29 bits per heavy atom. The molecular weight excluding hydrogens is 314 g/mol. The number of fused-ring (bicyclic) bond motifs is 1. The van der Waals surface area contributed by atoms with Crippen LogP contribution in [0.15, 0.2) is 30.5 Å². The second-order valence-corrected chi connectivity index (χ2v) is 5.57. The van der Waals surface area contributed by atoms with E-state index in [1.807, 2.05) is 0 Å². The van der Waals surface area contributed by atoms with E-state index >= 15 is 0 Å². The highest BCUT2D eigenvalue weighted by atomic mass is 16.4. The molecule has 0 saturated heterocycles. The number of benzene rings is 1. The van der Waals surface area contributed by atoms with E-state index < -0.39 is 24.0 Å². The lowest BCUT2D eigenvalue weighted by Gasteiger charge is -2.07. The summed E-state index contributed by atoms with van der Waals surface area (Å²) in [7, 11) is 0. The van der Waals surface area contributed by atoms with Crippen molar-refractivity contribution in [1.29, 1.82) is 0 Å². The van der Waals surface area contributed by atoms with Gasteiger partial charge in [-0.2, -0.15) is 0 Å². The molecule has 1 heterocycles. The summed E-state index contributed by atoms with van der Waals surface area (Å²) < 4.78 is 1.40.